The smallest absolute Gasteiger partial charge is 0.243 e. The number of sulfonamides is 2. The van der Waals surface area contributed by atoms with Gasteiger partial charge in [0, 0.05) is 26.2 Å². The van der Waals surface area contributed by atoms with Crippen molar-refractivity contribution in [2.24, 2.45) is 0 Å². The summed E-state index contributed by atoms with van der Waals surface area (Å²) >= 11 is 0. The molecule has 0 spiro atoms. The van der Waals surface area contributed by atoms with Gasteiger partial charge in [-0.25, -0.2) is 21.6 Å². The summed E-state index contributed by atoms with van der Waals surface area (Å²) < 4.78 is 54.4. The van der Waals surface area contributed by atoms with E-state index in [1.165, 1.54) is 16.4 Å². The molecule has 0 unspecified atom stereocenters. The molecule has 0 bridgehead atoms. The molecule has 3 rings (SSSR count). The first-order valence-electron chi connectivity index (χ1n) is 11.0. The number of hydrogen-bond acceptors (Lipinski definition) is 5. The van der Waals surface area contributed by atoms with Gasteiger partial charge in [-0.3, -0.25) is 4.79 Å². The number of nitrogens with one attached hydrogen (secondary N) is 2. The van der Waals surface area contributed by atoms with Gasteiger partial charge in [-0.2, -0.15) is 4.31 Å². The lowest BCUT2D eigenvalue weighted by atomic mass is 10.1. The summed E-state index contributed by atoms with van der Waals surface area (Å²) in [6.45, 7) is 4.85. The number of rotatable bonds is 9. The van der Waals surface area contributed by atoms with Gasteiger partial charge in [-0.05, 0) is 61.6 Å². The minimum atomic E-state index is -3.66. The molecule has 0 atom stereocenters. The van der Waals surface area contributed by atoms with Crippen molar-refractivity contribution in [3.05, 3.63) is 59.2 Å². The van der Waals surface area contributed by atoms with E-state index in [1.54, 1.807) is 31.2 Å². The Morgan fingerprint density at radius 3 is 2.24 bits per heavy atom. The first kappa shape index (κ1) is 25.4. The maximum absolute atomic E-state index is 12.7. The van der Waals surface area contributed by atoms with E-state index < -0.39 is 20.0 Å². The van der Waals surface area contributed by atoms with E-state index in [1.807, 2.05) is 13.0 Å². The zero-order valence-corrected chi connectivity index (χ0v) is 20.6. The molecule has 1 saturated heterocycles. The van der Waals surface area contributed by atoms with E-state index in [-0.39, 0.29) is 35.2 Å². The predicted octanol–water partition coefficient (Wildman–Crippen LogP) is 2.12. The second-order valence-corrected chi connectivity index (χ2v) is 12.0. The van der Waals surface area contributed by atoms with Crippen LogP contribution in [0.1, 0.15) is 36.0 Å². The Labute approximate surface area is 196 Å². The molecular weight excluding hydrogens is 462 g/mol. The number of aryl methyl sites for hydroxylation is 2. The molecule has 180 valence electrons. The molecule has 1 aliphatic rings. The Kier molecular flexibility index (Phi) is 8.28. The lowest BCUT2D eigenvalue weighted by Gasteiger charge is -2.25. The summed E-state index contributed by atoms with van der Waals surface area (Å²) in [6, 6.07) is 11.6. The van der Waals surface area contributed by atoms with Crippen LogP contribution in [0, 0.1) is 13.8 Å². The Bertz CT molecular complexity index is 1190. The third-order valence-corrected chi connectivity index (χ3v) is 9.13. The molecule has 0 aromatic heterocycles. The number of nitrogens with zero attached hydrogens (tertiary/aromatic N) is 1. The van der Waals surface area contributed by atoms with Crippen molar-refractivity contribution in [2.75, 3.05) is 26.2 Å². The van der Waals surface area contributed by atoms with Crippen LogP contribution in [-0.4, -0.2) is 53.2 Å². The van der Waals surface area contributed by atoms with Gasteiger partial charge in [-0.15, -0.1) is 0 Å². The number of piperidine rings is 1. The van der Waals surface area contributed by atoms with Gasteiger partial charge in [0.05, 0.1) is 16.2 Å². The molecule has 10 heteroatoms. The van der Waals surface area contributed by atoms with Crippen molar-refractivity contribution in [1.29, 1.82) is 0 Å². The fourth-order valence-corrected chi connectivity index (χ4v) is 6.62. The lowest BCUT2D eigenvalue weighted by Crippen LogP contribution is -2.36. The summed E-state index contributed by atoms with van der Waals surface area (Å²) in [7, 11) is -7.16. The molecule has 8 nitrogen and oxygen atoms in total. The SMILES string of the molecule is Cc1ccc(C)c(S(=O)(=O)NCCNC(=O)Cc2ccc(S(=O)(=O)N3CCCCC3)cc2)c1. The summed E-state index contributed by atoms with van der Waals surface area (Å²) in [5, 5.41) is 2.69. The molecule has 0 saturated carbocycles. The molecule has 2 aromatic rings. The first-order valence-corrected chi connectivity index (χ1v) is 13.9. The van der Waals surface area contributed by atoms with Crippen LogP contribution in [0.3, 0.4) is 0 Å². The van der Waals surface area contributed by atoms with E-state index in [2.05, 4.69) is 10.0 Å². The van der Waals surface area contributed by atoms with Crippen LogP contribution in [0.25, 0.3) is 0 Å². The van der Waals surface area contributed by atoms with E-state index >= 15 is 0 Å². The largest absolute Gasteiger partial charge is 0.355 e. The highest BCUT2D eigenvalue weighted by molar-refractivity contribution is 7.89. The molecular formula is C23H31N3O5S2. The second kappa shape index (κ2) is 10.8. The first-order chi connectivity index (χ1) is 15.6. The van der Waals surface area contributed by atoms with Gasteiger partial charge in [0.2, 0.25) is 26.0 Å². The molecule has 1 aliphatic heterocycles. The molecule has 2 aromatic carbocycles. The Balaban J connectivity index is 1.48. The van der Waals surface area contributed by atoms with Crippen molar-refractivity contribution in [3.8, 4) is 0 Å². The summed E-state index contributed by atoms with van der Waals surface area (Å²) in [5.41, 5.74) is 2.19. The van der Waals surface area contributed by atoms with E-state index in [9.17, 15) is 21.6 Å². The Morgan fingerprint density at radius 2 is 1.58 bits per heavy atom. The number of amides is 1. The second-order valence-electron chi connectivity index (χ2n) is 8.30. The van der Waals surface area contributed by atoms with Crippen LogP contribution in [0.4, 0.5) is 0 Å². The van der Waals surface area contributed by atoms with Gasteiger partial charge in [-0.1, -0.05) is 30.7 Å². The minimum Gasteiger partial charge on any atom is -0.355 e. The predicted molar refractivity (Wildman–Crippen MR) is 127 cm³/mol. The lowest BCUT2D eigenvalue weighted by molar-refractivity contribution is -0.120. The molecule has 1 amide bonds. The van der Waals surface area contributed by atoms with E-state index in [0.717, 1.165) is 24.8 Å². The summed E-state index contributed by atoms with van der Waals surface area (Å²) in [5.74, 6) is -0.271. The summed E-state index contributed by atoms with van der Waals surface area (Å²) in [6.07, 6.45) is 2.87. The average molecular weight is 494 g/mol. The van der Waals surface area contributed by atoms with Crippen molar-refractivity contribution < 1.29 is 21.6 Å². The third-order valence-electron chi connectivity index (χ3n) is 5.61. The minimum absolute atomic E-state index is 0.0640. The molecule has 0 radical (unpaired) electrons. The highest BCUT2D eigenvalue weighted by atomic mass is 32.2. The van der Waals surface area contributed by atoms with Crippen LogP contribution in [-0.2, 0) is 31.3 Å². The fourth-order valence-electron chi connectivity index (χ4n) is 3.74. The number of carbonyl (C=O) groups excluding carboxylic acids is 1. The average Bonchev–Trinajstić information content (AvgIpc) is 2.79. The number of carbonyl (C=O) groups is 1. The number of hydrogen-bond donors (Lipinski definition) is 2. The number of benzene rings is 2. The van der Waals surface area contributed by atoms with E-state index in [0.29, 0.717) is 24.2 Å². The van der Waals surface area contributed by atoms with Gasteiger partial charge in [0.25, 0.3) is 0 Å². The third kappa shape index (κ3) is 6.63. The normalized spacial score (nSPS) is 15.3. The topological polar surface area (TPSA) is 113 Å². The maximum Gasteiger partial charge on any atom is 0.243 e. The monoisotopic (exact) mass is 493 g/mol. The van der Waals surface area contributed by atoms with Crippen LogP contribution in [0.5, 0.6) is 0 Å². The zero-order chi connectivity index (χ0) is 24.1. The molecule has 1 heterocycles. The van der Waals surface area contributed by atoms with Crippen molar-refractivity contribution in [2.45, 2.75) is 49.3 Å². The molecule has 2 N–H and O–H groups in total. The fraction of sp³-hybridized carbons (Fsp3) is 0.435. The summed E-state index contributed by atoms with van der Waals surface area (Å²) in [4.78, 5) is 12.7. The van der Waals surface area contributed by atoms with Crippen LogP contribution in [0.2, 0.25) is 0 Å². The zero-order valence-electron chi connectivity index (χ0n) is 19.0. The van der Waals surface area contributed by atoms with E-state index in [4.69, 9.17) is 0 Å². The Hall–Kier alpha value is -2.27. The van der Waals surface area contributed by atoms with Crippen molar-refractivity contribution in [3.63, 3.8) is 0 Å². The molecule has 1 fully saturated rings. The quantitative estimate of drug-likeness (QED) is 0.520. The van der Waals surface area contributed by atoms with Gasteiger partial charge in [0.1, 0.15) is 0 Å². The molecule has 33 heavy (non-hydrogen) atoms. The van der Waals surface area contributed by atoms with Crippen molar-refractivity contribution >= 4 is 26.0 Å². The Morgan fingerprint density at radius 1 is 0.909 bits per heavy atom. The molecule has 0 aliphatic carbocycles. The van der Waals surface area contributed by atoms with Gasteiger partial charge in [0.15, 0.2) is 0 Å². The van der Waals surface area contributed by atoms with Gasteiger partial charge >= 0.3 is 0 Å². The van der Waals surface area contributed by atoms with Crippen LogP contribution in [0.15, 0.2) is 52.3 Å². The van der Waals surface area contributed by atoms with Crippen LogP contribution < -0.4 is 10.0 Å². The van der Waals surface area contributed by atoms with Gasteiger partial charge < -0.3 is 5.32 Å². The maximum atomic E-state index is 12.7. The highest BCUT2D eigenvalue weighted by Gasteiger charge is 2.25. The van der Waals surface area contributed by atoms with Crippen molar-refractivity contribution in [1.82, 2.24) is 14.3 Å². The van der Waals surface area contributed by atoms with Crippen LogP contribution >= 0.6 is 0 Å². The standard InChI is InChI=1S/C23H31N3O5S2/c1-18-6-7-19(2)22(16-18)32(28,29)25-13-12-24-23(27)17-20-8-10-21(11-9-20)33(30,31)26-14-4-3-5-15-26/h6-11,16,25H,3-5,12-15,17H2,1-2H3,(H,24,27). The highest BCUT2D eigenvalue weighted by Crippen LogP contribution is 2.21.